The molecule has 0 fully saturated rings. The summed E-state index contributed by atoms with van der Waals surface area (Å²) >= 11 is 0. The Morgan fingerprint density at radius 2 is 1.43 bits per heavy atom. The van der Waals surface area contributed by atoms with Gasteiger partial charge >= 0.3 is 0 Å². The van der Waals surface area contributed by atoms with Crippen LogP contribution in [0.25, 0.3) is 0 Å². The van der Waals surface area contributed by atoms with Gasteiger partial charge in [-0.2, -0.15) is 0 Å². The van der Waals surface area contributed by atoms with E-state index in [1.165, 1.54) is 0 Å². The van der Waals surface area contributed by atoms with Gasteiger partial charge in [0.2, 0.25) is 0 Å². The maximum atomic E-state index is 11.5. The SMILES string of the molecule is C[C@H](C(C)(C)N)[C@@](O)(Cc1ccccc1)c1ccccc1. The Morgan fingerprint density at radius 3 is 1.90 bits per heavy atom. The summed E-state index contributed by atoms with van der Waals surface area (Å²) < 4.78 is 0. The minimum Gasteiger partial charge on any atom is -0.384 e. The maximum absolute atomic E-state index is 11.5. The lowest BCUT2D eigenvalue weighted by Gasteiger charge is -2.42. The molecule has 0 bridgehead atoms. The topological polar surface area (TPSA) is 46.2 Å². The molecule has 2 aromatic rings. The average Bonchev–Trinajstić information content (AvgIpc) is 2.47. The molecule has 0 unspecified atom stereocenters. The van der Waals surface area contributed by atoms with E-state index in [0.717, 1.165) is 11.1 Å². The van der Waals surface area contributed by atoms with E-state index in [-0.39, 0.29) is 5.92 Å². The first kappa shape index (κ1) is 15.7. The Bertz CT molecular complexity index is 559. The molecule has 0 heterocycles. The smallest absolute Gasteiger partial charge is 0.0979 e. The number of hydrogen-bond donors (Lipinski definition) is 2. The summed E-state index contributed by atoms with van der Waals surface area (Å²) in [5, 5.41) is 11.5. The maximum Gasteiger partial charge on any atom is 0.0979 e. The van der Waals surface area contributed by atoms with Crippen LogP contribution in [0.15, 0.2) is 60.7 Å². The third-order valence-electron chi connectivity index (χ3n) is 4.42. The quantitative estimate of drug-likeness (QED) is 0.882. The van der Waals surface area contributed by atoms with Crippen LogP contribution in [0.2, 0.25) is 0 Å². The van der Waals surface area contributed by atoms with Crippen molar-refractivity contribution in [1.29, 1.82) is 0 Å². The van der Waals surface area contributed by atoms with Gasteiger partial charge in [-0.3, -0.25) is 0 Å². The molecule has 0 spiro atoms. The van der Waals surface area contributed by atoms with Gasteiger partial charge in [0, 0.05) is 17.9 Å². The Balaban J connectivity index is 2.44. The minimum atomic E-state index is -0.985. The van der Waals surface area contributed by atoms with E-state index in [9.17, 15) is 5.11 Å². The van der Waals surface area contributed by atoms with E-state index in [4.69, 9.17) is 5.73 Å². The van der Waals surface area contributed by atoms with Crippen molar-refractivity contribution in [2.24, 2.45) is 11.7 Å². The van der Waals surface area contributed by atoms with Crippen molar-refractivity contribution in [3.63, 3.8) is 0 Å². The Kier molecular flexibility index (Phi) is 4.50. The van der Waals surface area contributed by atoms with Crippen LogP contribution >= 0.6 is 0 Å². The Hall–Kier alpha value is -1.64. The van der Waals surface area contributed by atoms with Gasteiger partial charge in [0.25, 0.3) is 0 Å². The molecule has 2 heteroatoms. The number of rotatable bonds is 5. The molecule has 2 atom stereocenters. The molecule has 112 valence electrons. The van der Waals surface area contributed by atoms with Gasteiger partial charge in [-0.15, -0.1) is 0 Å². The molecule has 0 saturated carbocycles. The molecule has 0 amide bonds. The van der Waals surface area contributed by atoms with Crippen molar-refractivity contribution in [1.82, 2.24) is 0 Å². The zero-order valence-electron chi connectivity index (χ0n) is 13.1. The molecular weight excluding hydrogens is 258 g/mol. The van der Waals surface area contributed by atoms with Gasteiger partial charge in [-0.25, -0.2) is 0 Å². The fourth-order valence-electron chi connectivity index (χ4n) is 2.75. The lowest BCUT2D eigenvalue weighted by atomic mass is 9.70. The summed E-state index contributed by atoms with van der Waals surface area (Å²) in [6.45, 7) is 5.96. The van der Waals surface area contributed by atoms with Gasteiger partial charge < -0.3 is 10.8 Å². The van der Waals surface area contributed by atoms with Crippen molar-refractivity contribution in [2.45, 2.75) is 38.3 Å². The van der Waals surface area contributed by atoms with E-state index in [1.54, 1.807) is 0 Å². The lowest BCUT2D eigenvalue weighted by molar-refractivity contribution is -0.0418. The van der Waals surface area contributed by atoms with Crippen LogP contribution in [-0.4, -0.2) is 10.6 Å². The van der Waals surface area contributed by atoms with Crippen LogP contribution in [-0.2, 0) is 12.0 Å². The first-order chi connectivity index (χ1) is 9.84. The Morgan fingerprint density at radius 1 is 0.952 bits per heavy atom. The first-order valence-corrected chi connectivity index (χ1v) is 7.45. The van der Waals surface area contributed by atoms with Gasteiger partial charge in [0.05, 0.1) is 5.60 Å². The molecule has 21 heavy (non-hydrogen) atoms. The number of hydrogen-bond acceptors (Lipinski definition) is 2. The summed E-state index contributed by atoms with van der Waals surface area (Å²) in [4.78, 5) is 0. The van der Waals surface area contributed by atoms with Crippen LogP contribution in [0.1, 0.15) is 31.9 Å². The summed E-state index contributed by atoms with van der Waals surface area (Å²) in [6, 6.07) is 19.9. The summed E-state index contributed by atoms with van der Waals surface area (Å²) in [5.41, 5.74) is 6.87. The number of nitrogens with two attached hydrogens (primary N) is 1. The summed E-state index contributed by atoms with van der Waals surface area (Å²) in [5.74, 6) is -0.0902. The Labute approximate surface area is 127 Å². The van der Waals surface area contributed by atoms with Crippen LogP contribution in [0.4, 0.5) is 0 Å². The second kappa shape index (κ2) is 6.00. The van der Waals surface area contributed by atoms with Gasteiger partial charge in [0.15, 0.2) is 0 Å². The van der Waals surface area contributed by atoms with E-state index in [0.29, 0.717) is 6.42 Å². The van der Waals surface area contributed by atoms with Crippen molar-refractivity contribution in [3.05, 3.63) is 71.8 Å². The van der Waals surface area contributed by atoms with Crippen molar-refractivity contribution < 1.29 is 5.11 Å². The normalized spacial score (nSPS) is 16.2. The fraction of sp³-hybridized carbons (Fsp3) is 0.368. The number of benzene rings is 2. The van der Waals surface area contributed by atoms with Crippen LogP contribution < -0.4 is 5.73 Å². The molecule has 0 aliphatic heterocycles. The molecule has 0 aromatic heterocycles. The molecule has 0 saturated heterocycles. The summed E-state index contributed by atoms with van der Waals surface area (Å²) in [6.07, 6.45) is 0.555. The molecular formula is C19H25NO. The zero-order chi connectivity index (χ0) is 15.5. The van der Waals surface area contributed by atoms with Gasteiger partial charge in [-0.1, -0.05) is 67.6 Å². The van der Waals surface area contributed by atoms with E-state index in [2.05, 4.69) is 0 Å². The molecule has 2 nitrogen and oxygen atoms in total. The molecule has 0 aliphatic carbocycles. The van der Waals surface area contributed by atoms with Gasteiger partial charge in [0.1, 0.15) is 0 Å². The number of aliphatic hydroxyl groups is 1. The second-order valence-corrected chi connectivity index (χ2v) is 6.50. The monoisotopic (exact) mass is 283 g/mol. The summed E-state index contributed by atoms with van der Waals surface area (Å²) in [7, 11) is 0. The third kappa shape index (κ3) is 3.52. The molecule has 0 aliphatic rings. The minimum absolute atomic E-state index is 0.0902. The van der Waals surface area contributed by atoms with Crippen molar-refractivity contribution in [3.8, 4) is 0 Å². The highest BCUT2D eigenvalue weighted by Gasteiger charge is 2.42. The second-order valence-electron chi connectivity index (χ2n) is 6.50. The fourth-order valence-corrected chi connectivity index (χ4v) is 2.75. The molecule has 2 aromatic carbocycles. The van der Waals surface area contributed by atoms with Gasteiger partial charge in [-0.05, 0) is 25.0 Å². The highest BCUT2D eigenvalue weighted by Crippen LogP contribution is 2.38. The van der Waals surface area contributed by atoms with Crippen LogP contribution in [0.3, 0.4) is 0 Å². The molecule has 2 rings (SSSR count). The predicted octanol–water partition coefficient (Wildman–Crippen LogP) is 3.49. The highest BCUT2D eigenvalue weighted by atomic mass is 16.3. The third-order valence-corrected chi connectivity index (χ3v) is 4.42. The van der Waals surface area contributed by atoms with E-state index < -0.39 is 11.1 Å². The zero-order valence-corrected chi connectivity index (χ0v) is 13.1. The standard InChI is InChI=1S/C19H25NO/c1-15(18(2,3)20)19(21,17-12-8-5-9-13-17)14-16-10-6-4-7-11-16/h4-13,15,21H,14,20H2,1-3H3/t15-,19+/m1/s1. The molecule has 3 N–H and O–H groups in total. The van der Waals surface area contributed by atoms with Crippen LogP contribution in [0, 0.1) is 5.92 Å². The first-order valence-electron chi connectivity index (χ1n) is 7.45. The highest BCUT2D eigenvalue weighted by molar-refractivity contribution is 5.28. The van der Waals surface area contributed by atoms with Crippen molar-refractivity contribution in [2.75, 3.05) is 0 Å². The average molecular weight is 283 g/mol. The predicted molar refractivity (Wildman–Crippen MR) is 87.9 cm³/mol. The largest absolute Gasteiger partial charge is 0.384 e. The van der Waals surface area contributed by atoms with E-state index in [1.807, 2.05) is 81.4 Å². The van der Waals surface area contributed by atoms with Crippen LogP contribution in [0.5, 0.6) is 0 Å². The lowest BCUT2D eigenvalue weighted by Crippen LogP contribution is -2.51. The molecule has 0 radical (unpaired) electrons. The van der Waals surface area contributed by atoms with E-state index >= 15 is 0 Å². The van der Waals surface area contributed by atoms with Crippen molar-refractivity contribution >= 4 is 0 Å².